The van der Waals surface area contributed by atoms with E-state index in [9.17, 15) is 10.2 Å². The van der Waals surface area contributed by atoms with Crippen LogP contribution in [0, 0.1) is 0 Å². The van der Waals surface area contributed by atoms with Crippen LogP contribution in [-0.4, -0.2) is 10.2 Å². The van der Waals surface area contributed by atoms with E-state index in [0.29, 0.717) is 6.42 Å². The summed E-state index contributed by atoms with van der Waals surface area (Å²) in [6.07, 6.45) is 2.87. The Morgan fingerprint density at radius 3 is 1.89 bits per heavy atom. The quantitative estimate of drug-likeness (QED) is 0.803. The normalized spacial score (nSPS) is 14.4. The zero-order valence-electron chi connectivity index (χ0n) is 10.7. The van der Waals surface area contributed by atoms with E-state index in [1.807, 2.05) is 66.7 Å². The van der Waals surface area contributed by atoms with Crippen LogP contribution in [0.3, 0.4) is 0 Å². The van der Waals surface area contributed by atoms with E-state index in [4.69, 9.17) is 0 Å². The fraction of sp³-hybridized carbons (Fsp3) is 0.176. The molecular formula is C17H18O2. The smallest absolute Gasteiger partial charge is 0.0971 e. The molecule has 0 amide bonds. The van der Waals surface area contributed by atoms with Crippen molar-refractivity contribution in [3.05, 3.63) is 83.9 Å². The van der Waals surface area contributed by atoms with Crippen LogP contribution in [0.5, 0.6) is 0 Å². The first-order valence-electron chi connectivity index (χ1n) is 6.40. The summed E-state index contributed by atoms with van der Waals surface area (Å²) in [5.41, 5.74) is 1.74. The van der Waals surface area contributed by atoms with Crippen LogP contribution in [0.2, 0.25) is 0 Å². The predicted molar refractivity (Wildman–Crippen MR) is 76.6 cm³/mol. The van der Waals surface area contributed by atoms with E-state index in [1.54, 1.807) is 6.08 Å². The van der Waals surface area contributed by atoms with Crippen molar-refractivity contribution in [3.63, 3.8) is 0 Å². The van der Waals surface area contributed by atoms with Gasteiger partial charge >= 0.3 is 0 Å². The maximum absolute atomic E-state index is 9.97. The molecule has 0 aliphatic carbocycles. The molecule has 98 valence electrons. The van der Waals surface area contributed by atoms with E-state index >= 15 is 0 Å². The molecule has 19 heavy (non-hydrogen) atoms. The molecule has 2 atom stereocenters. The summed E-state index contributed by atoms with van der Waals surface area (Å²) in [4.78, 5) is 0. The highest BCUT2D eigenvalue weighted by atomic mass is 16.3. The average Bonchev–Trinajstić information content (AvgIpc) is 2.49. The molecule has 2 N–H and O–H groups in total. The minimum absolute atomic E-state index is 0.494. The van der Waals surface area contributed by atoms with Crippen molar-refractivity contribution in [2.45, 2.75) is 18.6 Å². The second-order valence-electron chi connectivity index (χ2n) is 4.45. The highest BCUT2D eigenvalue weighted by Gasteiger charge is 2.05. The largest absolute Gasteiger partial charge is 0.388 e. The zero-order valence-corrected chi connectivity index (χ0v) is 10.7. The maximum atomic E-state index is 9.97. The van der Waals surface area contributed by atoms with E-state index < -0.39 is 12.2 Å². The lowest BCUT2D eigenvalue weighted by molar-refractivity contribution is 0.180. The van der Waals surface area contributed by atoms with Gasteiger partial charge in [-0.3, -0.25) is 0 Å². The monoisotopic (exact) mass is 254 g/mol. The van der Waals surface area contributed by atoms with Gasteiger partial charge in [-0.05, 0) is 17.5 Å². The lowest BCUT2D eigenvalue weighted by atomic mass is 10.0. The molecule has 0 fully saturated rings. The number of aliphatic hydroxyl groups excluding tert-OH is 2. The van der Waals surface area contributed by atoms with Crippen LogP contribution in [0.15, 0.2) is 72.8 Å². The van der Waals surface area contributed by atoms with E-state index in [1.165, 1.54) is 0 Å². The average molecular weight is 254 g/mol. The van der Waals surface area contributed by atoms with Gasteiger partial charge in [-0.2, -0.15) is 0 Å². The van der Waals surface area contributed by atoms with Gasteiger partial charge in [0.2, 0.25) is 0 Å². The lowest BCUT2D eigenvalue weighted by Crippen LogP contribution is -1.96. The fourth-order valence-corrected chi connectivity index (χ4v) is 1.91. The van der Waals surface area contributed by atoms with Crippen LogP contribution in [0.4, 0.5) is 0 Å². The molecule has 0 heterocycles. The summed E-state index contributed by atoms with van der Waals surface area (Å²) in [5, 5.41) is 19.9. The molecule has 0 saturated heterocycles. The van der Waals surface area contributed by atoms with Gasteiger partial charge in [0.1, 0.15) is 0 Å². The van der Waals surface area contributed by atoms with Crippen molar-refractivity contribution in [2.24, 2.45) is 0 Å². The zero-order chi connectivity index (χ0) is 13.5. The summed E-state index contributed by atoms with van der Waals surface area (Å²) in [6, 6.07) is 19.0. The SMILES string of the molecule is O[C@@H](/C=C/C[C@H](O)c1ccccc1)c1ccccc1. The van der Waals surface area contributed by atoms with Crippen LogP contribution in [0.1, 0.15) is 29.8 Å². The number of aliphatic hydroxyl groups is 2. The molecule has 0 aromatic heterocycles. The van der Waals surface area contributed by atoms with E-state index in [2.05, 4.69) is 0 Å². The molecule has 0 radical (unpaired) electrons. The van der Waals surface area contributed by atoms with Gasteiger partial charge in [0, 0.05) is 0 Å². The standard InChI is InChI=1S/C17H18O2/c18-16(14-8-3-1-4-9-14)12-7-13-17(19)15-10-5-2-6-11-15/h1-12,16-19H,13H2/b12-7+/t16-,17-/m0/s1. The van der Waals surface area contributed by atoms with Crippen molar-refractivity contribution >= 4 is 0 Å². The van der Waals surface area contributed by atoms with Gasteiger partial charge in [0.25, 0.3) is 0 Å². The molecule has 2 aromatic rings. The van der Waals surface area contributed by atoms with Gasteiger partial charge in [-0.25, -0.2) is 0 Å². The van der Waals surface area contributed by atoms with Gasteiger partial charge in [0.15, 0.2) is 0 Å². The third-order valence-electron chi connectivity index (χ3n) is 3.00. The molecule has 2 heteroatoms. The molecule has 0 unspecified atom stereocenters. The number of benzene rings is 2. The van der Waals surface area contributed by atoms with Crippen molar-refractivity contribution in [1.29, 1.82) is 0 Å². The molecule has 0 bridgehead atoms. The van der Waals surface area contributed by atoms with Crippen molar-refractivity contribution in [1.82, 2.24) is 0 Å². The molecule has 0 aliphatic heterocycles. The molecule has 0 aliphatic rings. The second-order valence-corrected chi connectivity index (χ2v) is 4.45. The maximum Gasteiger partial charge on any atom is 0.0971 e. The van der Waals surface area contributed by atoms with Gasteiger partial charge in [-0.15, -0.1) is 0 Å². The van der Waals surface area contributed by atoms with E-state index in [-0.39, 0.29) is 0 Å². The summed E-state index contributed by atoms with van der Waals surface area (Å²) >= 11 is 0. The van der Waals surface area contributed by atoms with E-state index in [0.717, 1.165) is 11.1 Å². The number of rotatable bonds is 5. The Kier molecular flexibility index (Phi) is 4.90. The van der Waals surface area contributed by atoms with Crippen LogP contribution >= 0.6 is 0 Å². The Balaban J connectivity index is 1.90. The first-order chi connectivity index (χ1) is 9.27. The lowest BCUT2D eigenvalue weighted by Gasteiger charge is -2.09. The molecule has 2 rings (SSSR count). The van der Waals surface area contributed by atoms with Crippen molar-refractivity contribution in [2.75, 3.05) is 0 Å². The Bertz CT molecular complexity index is 505. The minimum atomic E-state index is -0.621. The Hall–Kier alpha value is -1.90. The molecule has 0 saturated carbocycles. The summed E-state index contributed by atoms with van der Waals surface area (Å²) in [6.45, 7) is 0. The molecule has 0 spiro atoms. The Morgan fingerprint density at radius 1 is 0.789 bits per heavy atom. The number of hydrogen-bond acceptors (Lipinski definition) is 2. The topological polar surface area (TPSA) is 40.5 Å². The third-order valence-corrected chi connectivity index (χ3v) is 3.00. The first-order valence-corrected chi connectivity index (χ1v) is 6.40. The predicted octanol–water partition coefficient (Wildman–Crippen LogP) is 3.40. The molecule has 2 aromatic carbocycles. The van der Waals surface area contributed by atoms with Gasteiger partial charge < -0.3 is 10.2 Å². The summed E-state index contributed by atoms with van der Waals surface area (Å²) < 4.78 is 0. The summed E-state index contributed by atoms with van der Waals surface area (Å²) in [5.74, 6) is 0. The Morgan fingerprint density at radius 2 is 1.32 bits per heavy atom. The first kappa shape index (κ1) is 13.5. The van der Waals surface area contributed by atoms with Crippen LogP contribution in [-0.2, 0) is 0 Å². The van der Waals surface area contributed by atoms with Crippen LogP contribution < -0.4 is 0 Å². The van der Waals surface area contributed by atoms with Gasteiger partial charge in [-0.1, -0.05) is 72.8 Å². The highest BCUT2D eigenvalue weighted by Crippen LogP contribution is 2.18. The van der Waals surface area contributed by atoms with Crippen molar-refractivity contribution < 1.29 is 10.2 Å². The second kappa shape index (κ2) is 6.88. The highest BCUT2D eigenvalue weighted by molar-refractivity contribution is 5.22. The van der Waals surface area contributed by atoms with Crippen molar-refractivity contribution in [3.8, 4) is 0 Å². The number of hydrogen-bond donors (Lipinski definition) is 2. The van der Waals surface area contributed by atoms with Gasteiger partial charge in [0.05, 0.1) is 12.2 Å². The Labute approximate surface area is 113 Å². The summed E-state index contributed by atoms with van der Waals surface area (Å²) in [7, 11) is 0. The minimum Gasteiger partial charge on any atom is -0.388 e. The molecular weight excluding hydrogens is 236 g/mol. The third kappa shape index (κ3) is 4.05. The fourth-order valence-electron chi connectivity index (χ4n) is 1.91. The molecule has 2 nitrogen and oxygen atoms in total. The van der Waals surface area contributed by atoms with Crippen LogP contribution in [0.25, 0.3) is 0 Å².